The zero-order valence-corrected chi connectivity index (χ0v) is 12.1. The standard InChI is InChI=1S/C15H20N2O3/c1-10-8-14(18)17(15(10)19)9-12(16-2)11-6-4-5-7-13(11)20-3/h4-7,10,12,16H,8-9H2,1-3H3. The van der Waals surface area contributed by atoms with Crippen LogP contribution in [-0.2, 0) is 9.59 Å². The van der Waals surface area contributed by atoms with Crippen LogP contribution in [0, 0.1) is 5.92 Å². The number of carbonyl (C=O) groups is 2. The third-order valence-electron chi connectivity index (χ3n) is 3.70. The number of hydrogen-bond donors (Lipinski definition) is 1. The molecular weight excluding hydrogens is 256 g/mol. The van der Waals surface area contributed by atoms with Crippen molar-refractivity contribution in [3.8, 4) is 5.75 Å². The van der Waals surface area contributed by atoms with Gasteiger partial charge in [-0.3, -0.25) is 14.5 Å². The summed E-state index contributed by atoms with van der Waals surface area (Å²) < 4.78 is 5.34. The van der Waals surface area contributed by atoms with E-state index >= 15 is 0 Å². The molecule has 5 nitrogen and oxygen atoms in total. The average molecular weight is 276 g/mol. The summed E-state index contributed by atoms with van der Waals surface area (Å²) in [6.07, 6.45) is 0.307. The molecule has 108 valence electrons. The molecule has 1 aliphatic heterocycles. The predicted octanol–water partition coefficient (Wildman–Crippen LogP) is 1.35. The Morgan fingerprint density at radius 3 is 2.65 bits per heavy atom. The third kappa shape index (κ3) is 2.67. The van der Waals surface area contributed by atoms with Crippen molar-refractivity contribution in [2.75, 3.05) is 20.7 Å². The summed E-state index contributed by atoms with van der Waals surface area (Å²) in [7, 11) is 3.42. The maximum Gasteiger partial charge on any atom is 0.232 e. The fraction of sp³-hybridized carbons (Fsp3) is 0.467. The molecule has 1 aromatic carbocycles. The summed E-state index contributed by atoms with van der Waals surface area (Å²) in [6, 6.07) is 7.48. The molecule has 0 aliphatic carbocycles. The second kappa shape index (κ2) is 6.05. The van der Waals surface area contributed by atoms with E-state index in [4.69, 9.17) is 4.74 Å². The van der Waals surface area contributed by atoms with Gasteiger partial charge in [-0.25, -0.2) is 0 Å². The Morgan fingerprint density at radius 2 is 2.10 bits per heavy atom. The SMILES string of the molecule is CNC(CN1C(=O)CC(C)C1=O)c1ccccc1OC. The summed E-state index contributed by atoms with van der Waals surface area (Å²) in [5.74, 6) is 0.347. The summed E-state index contributed by atoms with van der Waals surface area (Å²) >= 11 is 0. The molecule has 0 bridgehead atoms. The van der Waals surface area contributed by atoms with Crippen LogP contribution in [0.25, 0.3) is 0 Å². The molecule has 2 amide bonds. The first-order valence-electron chi connectivity index (χ1n) is 6.72. The van der Waals surface area contributed by atoms with Crippen LogP contribution in [0.15, 0.2) is 24.3 Å². The van der Waals surface area contributed by atoms with Crippen molar-refractivity contribution < 1.29 is 14.3 Å². The minimum Gasteiger partial charge on any atom is -0.496 e. The fourth-order valence-electron chi connectivity index (χ4n) is 2.52. The minimum atomic E-state index is -0.210. The maximum absolute atomic E-state index is 12.0. The first-order chi connectivity index (χ1) is 9.58. The Bertz CT molecular complexity index is 516. The zero-order chi connectivity index (χ0) is 14.7. The summed E-state index contributed by atoms with van der Waals surface area (Å²) in [4.78, 5) is 25.2. The van der Waals surface area contributed by atoms with Gasteiger partial charge in [0.15, 0.2) is 0 Å². The van der Waals surface area contributed by atoms with Gasteiger partial charge in [0.05, 0.1) is 13.2 Å². The van der Waals surface area contributed by atoms with Crippen molar-refractivity contribution in [3.05, 3.63) is 29.8 Å². The number of likely N-dealkylation sites (N-methyl/N-ethyl adjacent to an activating group) is 1. The average Bonchev–Trinajstić information content (AvgIpc) is 2.70. The van der Waals surface area contributed by atoms with Crippen molar-refractivity contribution in [2.45, 2.75) is 19.4 Å². The number of hydrogen-bond acceptors (Lipinski definition) is 4. The van der Waals surface area contributed by atoms with E-state index in [2.05, 4.69) is 5.32 Å². The van der Waals surface area contributed by atoms with Crippen LogP contribution >= 0.6 is 0 Å². The molecule has 20 heavy (non-hydrogen) atoms. The monoisotopic (exact) mass is 276 g/mol. The number of imide groups is 1. The highest BCUT2D eigenvalue weighted by Crippen LogP contribution is 2.27. The number of benzene rings is 1. The normalized spacial score (nSPS) is 20.4. The Labute approximate surface area is 118 Å². The highest BCUT2D eigenvalue weighted by Gasteiger charge is 2.36. The number of nitrogens with zero attached hydrogens (tertiary/aromatic N) is 1. The van der Waals surface area contributed by atoms with Gasteiger partial charge < -0.3 is 10.1 Å². The van der Waals surface area contributed by atoms with Gasteiger partial charge in [0.1, 0.15) is 5.75 Å². The van der Waals surface area contributed by atoms with E-state index in [-0.39, 0.29) is 23.8 Å². The predicted molar refractivity (Wildman–Crippen MR) is 75.3 cm³/mol. The molecule has 0 aromatic heterocycles. The topological polar surface area (TPSA) is 58.6 Å². The number of likely N-dealkylation sites (tertiary alicyclic amines) is 1. The smallest absolute Gasteiger partial charge is 0.232 e. The van der Waals surface area contributed by atoms with Crippen LogP contribution in [0.5, 0.6) is 5.75 Å². The van der Waals surface area contributed by atoms with Crippen molar-refractivity contribution in [1.82, 2.24) is 10.2 Å². The van der Waals surface area contributed by atoms with E-state index in [0.717, 1.165) is 11.3 Å². The molecular formula is C15H20N2O3. The molecule has 0 spiro atoms. The second-order valence-electron chi connectivity index (χ2n) is 5.03. The molecule has 1 saturated heterocycles. The van der Waals surface area contributed by atoms with Crippen molar-refractivity contribution in [2.24, 2.45) is 5.92 Å². The molecule has 1 N–H and O–H groups in total. The maximum atomic E-state index is 12.0. The third-order valence-corrected chi connectivity index (χ3v) is 3.70. The molecule has 1 aliphatic rings. The zero-order valence-electron chi connectivity index (χ0n) is 12.1. The summed E-state index contributed by atoms with van der Waals surface area (Å²) in [5.41, 5.74) is 0.942. The molecule has 2 atom stereocenters. The van der Waals surface area contributed by atoms with Gasteiger partial charge in [-0.2, -0.15) is 0 Å². The van der Waals surface area contributed by atoms with Gasteiger partial charge in [0.25, 0.3) is 0 Å². The number of ether oxygens (including phenoxy) is 1. The van der Waals surface area contributed by atoms with E-state index in [0.29, 0.717) is 13.0 Å². The first-order valence-corrected chi connectivity index (χ1v) is 6.72. The Hall–Kier alpha value is -1.88. The van der Waals surface area contributed by atoms with Gasteiger partial charge in [0.2, 0.25) is 11.8 Å². The first kappa shape index (κ1) is 14.5. The highest BCUT2D eigenvalue weighted by molar-refractivity contribution is 6.03. The Kier molecular flexibility index (Phi) is 4.39. The summed E-state index contributed by atoms with van der Waals surface area (Å²) in [6.45, 7) is 2.12. The second-order valence-corrected chi connectivity index (χ2v) is 5.03. The molecule has 0 radical (unpaired) electrons. The summed E-state index contributed by atoms with van der Waals surface area (Å²) in [5, 5.41) is 3.15. The molecule has 2 unspecified atom stereocenters. The fourth-order valence-corrected chi connectivity index (χ4v) is 2.52. The van der Waals surface area contributed by atoms with Crippen LogP contribution in [-0.4, -0.2) is 37.4 Å². The highest BCUT2D eigenvalue weighted by atomic mass is 16.5. The number of rotatable bonds is 5. The largest absolute Gasteiger partial charge is 0.496 e. The van der Waals surface area contributed by atoms with Crippen LogP contribution in [0.3, 0.4) is 0 Å². The van der Waals surface area contributed by atoms with E-state index in [1.807, 2.05) is 31.3 Å². The molecule has 5 heteroatoms. The van der Waals surface area contributed by atoms with Gasteiger partial charge in [-0.15, -0.1) is 0 Å². The van der Waals surface area contributed by atoms with E-state index in [1.165, 1.54) is 4.90 Å². The Morgan fingerprint density at radius 1 is 1.40 bits per heavy atom. The quantitative estimate of drug-likeness (QED) is 0.825. The van der Waals surface area contributed by atoms with Crippen molar-refractivity contribution in [1.29, 1.82) is 0 Å². The van der Waals surface area contributed by atoms with Gasteiger partial charge >= 0.3 is 0 Å². The van der Waals surface area contributed by atoms with Gasteiger partial charge in [0, 0.05) is 24.4 Å². The van der Waals surface area contributed by atoms with E-state index < -0.39 is 0 Å². The number of carbonyl (C=O) groups excluding carboxylic acids is 2. The van der Waals surface area contributed by atoms with Crippen LogP contribution in [0.1, 0.15) is 24.9 Å². The van der Waals surface area contributed by atoms with Crippen molar-refractivity contribution >= 4 is 11.8 Å². The lowest BCUT2D eigenvalue weighted by Gasteiger charge is -2.24. The molecule has 0 saturated carbocycles. The van der Waals surface area contributed by atoms with Crippen LogP contribution in [0.4, 0.5) is 0 Å². The molecule has 1 aromatic rings. The van der Waals surface area contributed by atoms with Crippen LogP contribution < -0.4 is 10.1 Å². The number of para-hydroxylation sites is 1. The van der Waals surface area contributed by atoms with Gasteiger partial charge in [-0.1, -0.05) is 25.1 Å². The minimum absolute atomic E-state index is 0.0925. The Balaban J connectivity index is 2.21. The number of amides is 2. The lowest BCUT2D eigenvalue weighted by molar-refractivity contribution is -0.139. The van der Waals surface area contributed by atoms with Crippen molar-refractivity contribution in [3.63, 3.8) is 0 Å². The van der Waals surface area contributed by atoms with E-state index in [9.17, 15) is 9.59 Å². The lowest BCUT2D eigenvalue weighted by Crippen LogP contribution is -2.38. The molecule has 1 fully saturated rings. The number of methoxy groups -OCH3 is 1. The number of nitrogens with one attached hydrogen (secondary N) is 1. The van der Waals surface area contributed by atoms with Crippen LogP contribution in [0.2, 0.25) is 0 Å². The molecule has 2 rings (SSSR count). The van der Waals surface area contributed by atoms with Gasteiger partial charge in [-0.05, 0) is 13.1 Å². The van der Waals surface area contributed by atoms with E-state index in [1.54, 1.807) is 14.0 Å². The lowest BCUT2D eigenvalue weighted by atomic mass is 10.1. The molecule has 1 heterocycles.